The van der Waals surface area contributed by atoms with Crippen molar-refractivity contribution in [2.24, 2.45) is 0 Å². The molecule has 1 unspecified atom stereocenters. The summed E-state index contributed by atoms with van der Waals surface area (Å²) in [7, 11) is 1.71. The number of hydrogen-bond acceptors (Lipinski definition) is 5. The van der Waals surface area contributed by atoms with E-state index < -0.39 is 0 Å². The molecule has 1 aliphatic rings. The number of H-pyrrole nitrogens is 1. The molecule has 1 fully saturated rings. The van der Waals surface area contributed by atoms with Crippen molar-refractivity contribution in [3.05, 3.63) is 29.2 Å². The number of ether oxygens (including phenoxy) is 2. The molecule has 1 aliphatic heterocycles. The van der Waals surface area contributed by atoms with Crippen molar-refractivity contribution >= 4 is 12.2 Å². The number of pyridine rings is 1. The van der Waals surface area contributed by atoms with Crippen molar-refractivity contribution in [1.82, 2.24) is 19.7 Å². The normalized spacial score (nSPS) is 22.2. The number of aromatic nitrogens is 4. The largest absolute Gasteiger partial charge is 0.378 e. The first-order valence-electron chi connectivity index (χ1n) is 6.44. The molecule has 1 atom stereocenters. The SMILES string of the molecule is COC1(Cn2c(-c3ccccn3)n[nH]c2=S)CCOC1. The predicted octanol–water partition coefficient (Wildman–Crippen LogP) is 1.81. The van der Waals surface area contributed by atoms with Crippen molar-refractivity contribution in [1.29, 1.82) is 0 Å². The lowest BCUT2D eigenvalue weighted by Gasteiger charge is -2.26. The lowest BCUT2D eigenvalue weighted by Crippen LogP contribution is -2.37. The van der Waals surface area contributed by atoms with E-state index in [1.807, 2.05) is 22.8 Å². The second-order valence-corrected chi connectivity index (χ2v) is 5.23. The zero-order chi connectivity index (χ0) is 14.0. The summed E-state index contributed by atoms with van der Waals surface area (Å²) < 4.78 is 13.6. The van der Waals surface area contributed by atoms with Crippen LogP contribution in [0, 0.1) is 4.77 Å². The summed E-state index contributed by atoms with van der Waals surface area (Å²) in [5, 5.41) is 7.11. The van der Waals surface area contributed by atoms with Gasteiger partial charge in [-0.1, -0.05) is 6.07 Å². The number of aromatic amines is 1. The van der Waals surface area contributed by atoms with E-state index in [-0.39, 0.29) is 5.60 Å². The Balaban J connectivity index is 1.98. The lowest BCUT2D eigenvalue weighted by atomic mass is 10.0. The third kappa shape index (κ3) is 2.39. The first-order valence-corrected chi connectivity index (χ1v) is 6.84. The van der Waals surface area contributed by atoms with Crippen LogP contribution in [0.25, 0.3) is 11.5 Å². The molecule has 3 heterocycles. The van der Waals surface area contributed by atoms with E-state index >= 15 is 0 Å². The molecule has 0 spiro atoms. The Morgan fingerprint density at radius 3 is 3.10 bits per heavy atom. The molecule has 6 nitrogen and oxygen atoms in total. The van der Waals surface area contributed by atoms with Crippen molar-refractivity contribution in [3.63, 3.8) is 0 Å². The molecule has 0 aliphatic carbocycles. The van der Waals surface area contributed by atoms with Crippen molar-refractivity contribution in [2.75, 3.05) is 20.3 Å². The Labute approximate surface area is 121 Å². The number of nitrogens with one attached hydrogen (secondary N) is 1. The van der Waals surface area contributed by atoms with Gasteiger partial charge < -0.3 is 9.47 Å². The highest BCUT2D eigenvalue weighted by Crippen LogP contribution is 2.26. The molecule has 0 radical (unpaired) electrons. The lowest BCUT2D eigenvalue weighted by molar-refractivity contribution is -0.0295. The summed E-state index contributed by atoms with van der Waals surface area (Å²) in [6.45, 7) is 1.88. The number of rotatable bonds is 4. The molecule has 3 rings (SSSR count). The number of methoxy groups -OCH3 is 1. The van der Waals surface area contributed by atoms with Crippen LogP contribution in [0.1, 0.15) is 6.42 Å². The van der Waals surface area contributed by atoms with Gasteiger partial charge in [0, 0.05) is 26.3 Å². The highest BCUT2D eigenvalue weighted by molar-refractivity contribution is 7.71. The van der Waals surface area contributed by atoms with Crippen LogP contribution in [0.2, 0.25) is 0 Å². The van der Waals surface area contributed by atoms with Gasteiger partial charge in [0.15, 0.2) is 10.6 Å². The Bertz CT molecular complexity index is 631. The fraction of sp³-hybridized carbons (Fsp3) is 0.462. The summed E-state index contributed by atoms with van der Waals surface area (Å²) in [5.41, 5.74) is 0.441. The maximum atomic E-state index is 5.66. The van der Waals surface area contributed by atoms with E-state index in [0.717, 1.165) is 17.9 Å². The molecule has 106 valence electrons. The van der Waals surface area contributed by atoms with Crippen LogP contribution in [-0.2, 0) is 16.0 Å². The molecule has 1 N–H and O–H groups in total. The quantitative estimate of drug-likeness (QED) is 0.871. The van der Waals surface area contributed by atoms with Gasteiger partial charge >= 0.3 is 0 Å². The number of hydrogen-bond donors (Lipinski definition) is 1. The second kappa shape index (κ2) is 5.43. The van der Waals surface area contributed by atoms with Gasteiger partial charge in [-0.3, -0.25) is 14.6 Å². The first-order chi connectivity index (χ1) is 9.74. The van der Waals surface area contributed by atoms with Gasteiger partial charge in [-0.05, 0) is 24.4 Å². The van der Waals surface area contributed by atoms with Gasteiger partial charge in [0.2, 0.25) is 0 Å². The van der Waals surface area contributed by atoms with Crippen LogP contribution in [-0.4, -0.2) is 45.7 Å². The second-order valence-electron chi connectivity index (χ2n) is 4.84. The molecule has 1 saturated heterocycles. The van der Waals surface area contributed by atoms with Crippen molar-refractivity contribution in [3.8, 4) is 11.5 Å². The minimum Gasteiger partial charge on any atom is -0.378 e. The topological polar surface area (TPSA) is 65.0 Å². The third-order valence-electron chi connectivity index (χ3n) is 3.60. The van der Waals surface area contributed by atoms with Gasteiger partial charge in [0.05, 0.1) is 13.2 Å². The predicted molar refractivity (Wildman–Crippen MR) is 75.8 cm³/mol. The molecule has 2 aromatic heterocycles. The Morgan fingerprint density at radius 2 is 2.45 bits per heavy atom. The van der Waals surface area contributed by atoms with E-state index in [4.69, 9.17) is 21.7 Å². The average molecular weight is 292 g/mol. The van der Waals surface area contributed by atoms with Gasteiger partial charge in [0.1, 0.15) is 11.3 Å². The fourth-order valence-electron chi connectivity index (χ4n) is 2.38. The maximum absolute atomic E-state index is 5.66. The van der Waals surface area contributed by atoms with E-state index in [0.29, 0.717) is 24.5 Å². The van der Waals surface area contributed by atoms with Crippen molar-refractivity contribution in [2.45, 2.75) is 18.6 Å². The Morgan fingerprint density at radius 1 is 1.55 bits per heavy atom. The van der Waals surface area contributed by atoms with Gasteiger partial charge in [0.25, 0.3) is 0 Å². The zero-order valence-corrected chi connectivity index (χ0v) is 12.0. The van der Waals surface area contributed by atoms with Crippen LogP contribution in [0.5, 0.6) is 0 Å². The molecule has 0 bridgehead atoms. The van der Waals surface area contributed by atoms with Gasteiger partial charge in [-0.2, -0.15) is 5.10 Å². The van der Waals surface area contributed by atoms with Crippen LogP contribution in [0.15, 0.2) is 24.4 Å². The van der Waals surface area contributed by atoms with Gasteiger partial charge in [-0.15, -0.1) is 0 Å². The highest BCUT2D eigenvalue weighted by Gasteiger charge is 2.36. The smallest absolute Gasteiger partial charge is 0.195 e. The zero-order valence-electron chi connectivity index (χ0n) is 11.2. The molecule has 0 saturated carbocycles. The fourth-order valence-corrected chi connectivity index (χ4v) is 2.58. The third-order valence-corrected chi connectivity index (χ3v) is 3.91. The molecular formula is C13H16N4O2S. The maximum Gasteiger partial charge on any atom is 0.195 e. The molecule has 0 aromatic carbocycles. The minimum atomic E-state index is -0.342. The van der Waals surface area contributed by atoms with E-state index in [9.17, 15) is 0 Å². The average Bonchev–Trinajstić information content (AvgIpc) is 3.09. The van der Waals surface area contributed by atoms with E-state index in [2.05, 4.69) is 15.2 Å². The molecule has 0 amide bonds. The Kier molecular flexibility index (Phi) is 3.64. The van der Waals surface area contributed by atoms with Crippen LogP contribution in [0.3, 0.4) is 0 Å². The molecular weight excluding hydrogens is 276 g/mol. The minimum absolute atomic E-state index is 0.342. The van der Waals surface area contributed by atoms with Gasteiger partial charge in [-0.25, -0.2) is 0 Å². The summed E-state index contributed by atoms with van der Waals surface area (Å²) in [6, 6.07) is 5.71. The van der Waals surface area contributed by atoms with Crippen LogP contribution >= 0.6 is 12.2 Å². The summed E-state index contributed by atoms with van der Waals surface area (Å²) in [6.07, 6.45) is 2.58. The van der Waals surface area contributed by atoms with E-state index in [1.54, 1.807) is 13.3 Å². The number of nitrogens with zero attached hydrogens (tertiary/aromatic N) is 3. The molecule has 20 heavy (non-hydrogen) atoms. The summed E-state index contributed by atoms with van der Waals surface area (Å²) in [4.78, 5) is 4.32. The van der Waals surface area contributed by atoms with Crippen LogP contribution < -0.4 is 0 Å². The highest BCUT2D eigenvalue weighted by atomic mass is 32.1. The van der Waals surface area contributed by atoms with Crippen LogP contribution in [0.4, 0.5) is 0 Å². The summed E-state index contributed by atoms with van der Waals surface area (Å²) >= 11 is 5.33. The first kappa shape index (κ1) is 13.4. The molecule has 2 aromatic rings. The van der Waals surface area contributed by atoms with Crippen molar-refractivity contribution < 1.29 is 9.47 Å². The molecule has 7 heteroatoms. The summed E-state index contributed by atoms with van der Waals surface area (Å²) in [5.74, 6) is 0.721. The standard InChI is InChI=1S/C13H16N4O2S/c1-18-13(5-7-19-9-13)8-17-11(15-16-12(17)20)10-4-2-3-6-14-10/h2-4,6H,5,7-9H2,1H3,(H,16,20). The Hall–Kier alpha value is -1.57. The van der Waals surface area contributed by atoms with E-state index in [1.165, 1.54) is 0 Å². The monoisotopic (exact) mass is 292 g/mol.